The molecule has 0 aliphatic carbocycles. The summed E-state index contributed by atoms with van der Waals surface area (Å²) in [7, 11) is 0. The van der Waals surface area contributed by atoms with Crippen molar-refractivity contribution in [1.82, 2.24) is 15.0 Å². The van der Waals surface area contributed by atoms with E-state index in [0.717, 1.165) is 18.5 Å². The average Bonchev–Trinajstić information content (AvgIpc) is 2.73. The Bertz CT molecular complexity index is 1270. The van der Waals surface area contributed by atoms with E-state index < -0.39 is 22.4 Å². The van der Waals surface area contributed by atoms with E-state index in [1.54, 1.807) is 36.5 Å². The normalized spacial score (nSPS) is 11.3. The maximum Gasteiger partial charge on any atom is 0.416 e. The van der Waals surface area contributed by atoms with Crippen molar-refractivity contribution >= 4 is 39.6 Å². The molecule has 0 spiro atoms. The van der Waals surface area contributed by atoms with Gasteiger partial charge in [0.2, 0.25) is 11.6 Å². The van der Waals surface area contributed by atoms with Gasteiger partial charge in [0.25, 0.3) is 0 Å². The second-order valence-corrected chi connectivity index (χ2v) is 6.38. The SMILES string of the molecule is O=[N+]([O-])c1c(Nc2cccc(C(F)(F)F)c2)ncnc1Nc1cccc2ncccc12. The van der Waals surface area contributed by atoms with Gasteiger partial charge in [0.15, 0.2) is 0 Å². The van der Waals surface area contributed by atoms with Crippen LogP contribution >= 0.6 is 0 Å². The lowest BCUT2D eigenvalue weighted by atomic mass is 10.2. The zero-order valence-corrected chi connectivity index (χ0v) is 15.6. The van der Waals surface area contributed by atoms with Gasteiger partial charge in [-0.25, -0.2) is 9.97 Å². The minimum Gasteiger partial charge on any atom is -0.334 e. The van der Waals surface area contributed by atoms with E-state index in [4.69, 9.17) is 0 Å². The predicted octanol–water partition coefficient (Wildman–Crippen LogP) is 5.44. The number of nitrogens with one attached hydrogen (secondary N) is 2. The van der Waals surface area contributed by atoms with Crippen LogP contribution in [0.15, 0.2) is 67.1 Å². The number of hydrogen-bond donors (Lipinski definition) is 2. The largest absolute Gasteiger partial charge is 0.416 e. The number of aromatic nitrogens is 3. The molecule has 0 radical (unpaired) electrons. The summed E-state index contributed by atoms with van der Waals surface area (Å²) in [4.78, 5) is 23.1. The molecule has 2 aromatic carbocycles. The molecule has 2 heterocycles. The molecule has 156 valence electrons. The first kappa shape index (κ1) is 20.0. The molecule has 4 rings (SSSR count). The Labute approximate surface area is 173 Å². The van der Waals surface area contributed by atoms with Gasteiger partial charge >= 0.3 is 11.9 Å². The molecule has 4 aromatic rings. The number of hydrogen-bond acceptors (Lipinski definition) is 7. The minimum atomic E-state index is -4.55. The fourth-order valence-electron chi connectivity index (χ4n) is 2.98. The summed E-state index contributed by atoms with van der Waals surface area (Å²) in [5, 5.41) is 18.0. The summed E-state index contributed by atoms with van der Waals surface area (Å²) < 4.78 is 38.9. The summed E-state index contributed by atoms with van der Waals surface area (Å²) in [6.07, 6.45) is -1.85. The number of rotatable bonds is 5. The van der Waals surface area contributed by atoms with Gasteiger partial charge in [0.05, 0.1) is 16.0 Å². The fraction of sp³-hybridized carbons (Fsp3) is 0.0500. The van der Waals surface area contributed by atoms with Crippen LogP contribution in [0.3, 0.4) is 0 Å². The highest BCUT2D eigenvalue weighted by molar-refractivity contribution is 5.93. The molecule has 8 nitrogen and oxygen atoms in total. The number of nitro groups is 1. The van der Waals surface area contributed by atoms with Crippen LogP contribution in [0.4, 0.5) is 41.9 Å². The van der Waals surface area contributed by atoms with E-state index in [0.29, 0.717) is 16.6 Å². The molecular weight excluding hydrogens is 413 g/mol. The van der Waals surface area contributed by atoms with Crippen LogP contribution in [0.1, 0.15) is 5.56 Å². The van der Waals surface area contributed by atoms with Crippen LogP contribution in [0.5, 0.6) is 0 Å². The molecule has 0 saturated heterocycles. The summed E-state index contributed by atoms with van der Waals surface area (Å²) >= 11 is 0. The molecule has 11 heteroatoms. The second kappa shape index (κ2) is 7.86. The van der Waals surface area contributed by atoms with Crippen molar-refractivity contribution in [3.63, 3.8) is 0 Å². The maximum atomic E-state index is 13.0. The Balaban J connectivity index is 1.73. The summed E-state index contributed by atoms with van der Waals surface area (Å²) in [5.41, 5.74) is -0.211. The highest BCUT2D eigenvalue weighted by Gasteiger charge is 2.31. The van der Waals surface area contributed by atoms with Gasteiger partial charge in [0.1, 0.15) is 6.33 Å². The third-order valence-corrected chi connectivity index (χ3v) is 4.36. The van der Waals surface area contributed by atoms with Gasteiger partial charge < -0.3 is 10.6 Å². The minimum absolute atomic E-state index is 0.00284. The van der Waals surface area contributed by atoms with Crippen molar-refractivity contribution in [1.29, 1.82) is 0 Å². The number of fused-ring (bicyclic) bond motifs is 1. The smallest absolute Gasteiger partial charge is 0.334 e. The highest BCUT2D eigenvalue weighted by atomic mass is 19.4. The maximum absolute atomic E-state index is 13.0. The Kier molecular flexibility index (Phi) is 5.07. The molecule has 0 aliphatic rings. The zero-order valence-electron chi connectivity index (χ0n) is 15.6. The Hall–Kier alpha value is -4.28. The molecule has 0 unspecified atom stereocenters. The Morgan fingerprint density at radius 1 is 0.903 bits per heavy atom. The van der Waals surface area contributed by atoms with Gasteiger partial charge in [0, 0.05) is 23.0 Å². The van der Waals surface area contributed by atoms with Crippen LogP contribution in [-0.4, -0.2) is 19.9 Å². The molecule has 0 amide bonds. The van der Waals surface area contributed by atoms with Crippen molar-refractivity contribution in [3.8, 4) is 0 Å². The highest BCUT2D eigenvalue weighted by Crippen LogP contribution is 2.36. The molecule has 31 heavy (non-hydrogen) atoms. The van der Waals surface area contributed by atoms with E-state index in [2.05, 4.69) is 25.6 Å². The van der Waals surface area contributed by atoms with E-state index in [1.807, 2.05) is 0 Å². The fourth-order valence-corrected chi connectivity index (χ4v) is 2.98. The molecule has 2 N–H and O–H groups in total. The quantitative estimate of drug-likeness (QED) is 0.323. The molecule has 2 aromatic heterocycles. The monoisotopic (exact) mass is 426 g/mol. The van der Waals surface area contributed by atoms with E-state index >= 15 is 0 Å². The van der Waals surface area contributed by atoms with Crippen LogP contribution in [0, 0.1) is 10.1 Å². The third-order valence-electron chi connectivity index (χ3n) is 4.36. The van der Waals surface area contributed by atoms with Gasteiger partial charge in [-0.3, -0.25) is 15.1 Å². The lowest BCUT2D eigenvalue weighted by Crippen LogP contribution is -2.07. The van der Waals surface area contributed by atoms with Crippen molar-refractivity contribution in [2.45, 2.75) is 6.18 Å². The van der Waals surface area contributed by atoms with Gasteiger partial charge in [-0.05, 0) is 42.5 Å². The van der Waals surface area contributed by atoms with Crippen LogP contribution in [0.25, 0.3) is 10.9 Å². The molecule has 0 fully saturated rings. The first-order valence-electron chi connectivity index (χ1n) is 8.87. The van der Waals surface area contributed by atoms with Crippen molar-refractivity contribution in [3.05, 3.63) is 82.8 Å². The van der Waals surface area contributed by atoms with Crippen molar-refractivity contribution in [2.75, 3.05) is 10.6 Å². The van der Waals surface area contributed by atoms with Gasteiger partial charge in [-0.1, -0.05) is 12.1 Å². The predicted molar refractivity (Wildman–Crippen MR) is 108 cm³/mol. The number of alkyl halides is 3. The van der Waals surface area contributed by atoms with Crippen molar-refractivity contribution in [2.24, 2.45) is 0 Å². The second-order valence-electron chi connectivity index (χ2n) is 6.38. The number of benzene rings is 2. The van der Waals surface area contributed by atoms with Crippen LogP contribution in [0.2, 0.25) is 0 Å². The number of nitrogens with zero attached hydrogens (tertiary/aromatic N) is 4. The van der Waals surface area contributed by atoms with Gasteiger partial charge in [-0.15, -0.1) is 0 Å². The average molecular weight is 426 g/mol. The number of pyridine rings is 1. The number of halogens is 3. The first-order valence-corrected chi connectivity index (χ1v) is 8.87. The molecule has 0 saturated carbocycles. The molecular formula is C20H13F3N6O2. The number of anilines is 4. The van der Waals surface area contributed by atoms with Crippen LogP contribution in [-0.2, 0) is 6.18 Å². The van der Waals surface area contributed by atoms with Gasteiger partial charge in [-0.2, -0.15) is 13.2 Å². The molecule has 0 aliphatic heterocycles. The first-order chi connectivity index (χ1) is 14.8. The lowest BCUT2D eigenvalue weighted by Gasteiger charge is -2.12. The zero-order chi connectivity index (χ0) is 22.0. The summed E-state index contributed by atoms with van der Waals surface area (Å²) in [5.74, 6) is -0.369. The third kappa shape index (κ3) is 4.20. The lowest BCUT2D eigenvalue weighted by molar-refractivity contribution is -0.383. The standard InChI is InChI=1S/C20H13F3N6O2/c21-20(22,23)12-4-1-5-13(10-12)27-18-17(29(30)31)19(26-11-25-18)28-16-8-2-7-15-14(16)6-3-9-24-15/h1-11H,(H2,25,26,27,28). The summed E-state index contributed by atoms with van der Waals surface area (Å²) in [6.45, 7) is 0. The molecule has 0 bridgehead atoms. The Morgan fingerprint density at radius 3 is 2.39 bits per heavy atom. The summed E-state index contributed by atoms with van der Waals surface area (Å²) in [6, 6.07) is 13.0. The molecule has 0 atom stereocenters. The Morgan fingerprint density at radius 2 is 1.65 bits per heavy atom. The van der Waals surface area contributed by atoms with E-state index in [9.17, 15) is 23.3 Å². The van der Waals surface area contributed by atoms with E-state index in [1.165, 1.54) is 12.1 Å². The van der Waals surface area contributed by atoms with Crippen molar-refractivity contribution < 1.29 is 18.1 Å². The van der Waals surface area contributed by atoms with E-state index in [-0.39, 0.29) is 17.3 Å². The van der Waals surface area contributed by atoms with Crippen LogP contribution < -0.4 is 10.6 Å². The topological polar surface area (TPSA) is 106 Å².